The minimum absolute atomic E-state index is 0.0741. The molecule has 0 aliphatic heterocycles. The van der Waals surface area contributed by atoms with E-state index in [2.05, 4.69) is 4.72 Å². The predicted molar refractivity (Wildman–Crippen MR) is 137 cm³/mol. The van der Waals surface area contributed by atoms with Crippen LogP contribution in [-0.2, 0) is 27.8 Å². The van der Waals surface area contributed by atoms with Gasteiger partial charge in [0, 0.05) is 24.4 Å². The Morgan fingerprint density at radius 1 is 1.00 bits per heavy atom. The third-order valence-corrected chi connectivity index (χ3v) is 5.96. The lowest BCUT2D eigenvalue weighted by molar-refractivity contribution is -0.128. The topological polar surface area (TPSA) is 75.7 Å². The van der Waals surface area contributed by atoms with Gasteiger partial charge in [0.1, 0.15) is 5.75 Å². The molecule has 1 amide bonds. The molecule has 0 fully saturated rings. The largest absolute Gasteiger partial charge is 0.496 e. The number of carbonyl (C=O) groups is 1. The van der Waals surface area contributed by atoms with Gasteiger partial charge in [-0.15, -0.1) is 0 Å². The molecular weight excluding hydrogens is 448 g/mol. The van der Waals surface area contributed by atoms with Gasteiger partial charge in [-0.1, -0.05) is 60.7 Å². The standard InChI is InChI=1S/C27H30N2O4S/c1-21(19-24-11-7-8-12-26(24)33-2)29(20-23-9-5-4-6-10-23)27(30)18-15-22-13-16-25(17-14-22)28-34(3,31)32/h4-18,21,28H,19-20H2,1-3H3. The van der Waals surface area contributed by atoms with Gasteiger partial charge in [0.25, 0.3) is 0 Å². The van der Waals surface area contributed by atoms with Gasteiger partial charge in [-0.3, -0.25) is 9.52 Å². The van der Waals surface area contributed by atoms with Crippen molar-refractivity contribution in [3.8, 4) is 5.75 Å². The summed E-state index contributed by atoms with van der Waals surface area (Å²) in [6.45, 7) is 2.52. The van der Waals surface area contributed by atoms with Gasteiger partial charge in [-0.2, -0.15) is 0 Å². The summed E-state index contributed by atoms with van der Waals surface area (Å²) >= 11 is 0. The molecule has 3 rings (SSSR count). The lowest BCUT2D eigenvalue weighted by Gasteiger charge is -2.29. The van der Waals surface area contributed by atoms with Crippen LogP contribution in [0.25, 0.3) is 6.08 Å². The monoisotopic (exact) mass is 478 g/mol. The lowest BCUT2D eigenvalue weighted by Crippen LogP contribution is -2.38. The van der Waals surface area contributed by atoms with Gasteiger partial charge in [-0.25, -0.2) is 8.42 Å². The molecule has 34 heavy (non-hydrogen) atoms. The molecule has 0 saturated carbocycles. The summed E-state index contributed by atoms with van der Waals surface area (Å²) in [6.07, 6.45) is 5.05. The van der Waals surface area contributed by atoms with Gasteiger partial charge in [-0.05, 0) is 54.3 Å². The van der Waals surface area contributed by atoms with Gasteiger partial charge >= 0.3 is 0 Å². The van der Waals surface area contributed by atoms with E-state index in [-0.39, 0.29) is 11.9 Å². The fourth-order valence-corrected chi connectivity index (χ4v) is 4.23. The second-order valence-corrected chi connectivity index (χ2v) is 9.89. The number of amides is 1. The Hall–Kier alpha value is -3.58. The molecule has 178 valence electrons. The Morgan fingerprint density at radius 3 is 2.29 bits per heavy atom. The van der Waals surface area contributed by atoms with E-state index in [0.29, 0.717) is 18.7 Å². The van der Waals surface area contributed by atoms with Crippen molar-refractivity contribution in [3.63, 3.8) is 0 Å². The summed E-state index contributed by atoms with van der Waals surface area (Å²) in [4.78, 5) is 15.1. The van der Waals surface area contributed by atoms with E-state index in [9.17, 15) is 13.2 Å². The molecule has 0 bridgehead atoms. The molecule has 0 saturated heterocycles. The van der Waals surface area contributed by atoms with Crippen molar-refractivity contribution in [2.75, 3.05) is 18.1 Å². The van der Waals surface area contributed by atoms with E-state index >= 15 is 0 Å². The Balaban J connectivity index is 1.78. The minimum Gasteiger partial charge on any atom is -0.496 e. The Bertz CT molecular complexity index is 1220. The van der Waals surface area contributed by atoms with Crippen LogP contribution in [0.4, 0.5) is 5.69 Å². The summed E-state index contributed by atoms with van der Waals surface area (Å²) in [7, 11) is -1.69. The zero-order chi connectivity index (χ0) is 24.6. The van der Waals surface area contributed by atoms with Gasteiger partial charge < -0.3 is 9.64 Å². The molecule has 6 nitrogen and oxygen atoms in total. The van der Waals surface area contributed by atoms with Gasteiger partial charge in [0.05, 0.1) is 13.4 Å². The zero-order valence-electron chi connectivity index (χ0n) is 19.6. The molecule has 0 spiro atoms. The molecule has 1 unspecified atom stereocenters. The maximum absolute atomic E-state index is 13.3. The van der Waals surface area contributed by atoms with Crippen LogP contribution in [0.3, 0.4) is 0 Å². The molecule has 1 N–H and O–H groups in total. The van der Waals surface area contributed by atoms with Crippen molar-refractivity contribution in [1.82, 2.24) is 4.90 Å². The molecule has 7 heteroatoms. The summed E-state index contributed by atoms with van der Waals surface area (Å²) in [5.74, 6) is 0.699. The van der Waals surface area contributed by atoms with Crippen LogP contribution < -0.4 is 9.46 Å². The lowest BCUT2D eigenvalue weighted by atomic mass is 10.0. The third kappa shape index (κ3) is 7.49. The highest BCUT2D eigenvalue weighted by Gasteiger charge is 2.20. The van der Waals surface area contributed by atoms with E-state index in [0.717, 1.165) is 28.7 Å². The van der Waals surface area contributed by atoms with Crippen LogP contribution in [0.5, 0.6) is 5.75 Å². The summed E-state index contributed by atoms with van der Waals surface area (Å²) in [5.41, 5.74) is 3.36. The molecular formula is C27H30N2O4S. The molecule has 0 radical (unpaired) electrons. The molecule has 0 aliphatic rings. The first-order valence-electron chi connectivity index (χ1n) is 11.0. The second kappa shape index (κ2) is 11.5. The van der Waals surface area contributed by atoms with Crippen LogP contribution >= 0.6 is 0 Å². The number of para-hydroxylation sites is 1. The van der Waals surface area contributed by atoms with Gasteiger partial charge in [0.2, 0.25) is 15.9 Å². The van der Waals surface area contributed by atoms with Crippen LogP contribution in [0.2, 0.25) is 0 Å². The number of carbonyl (C=O) groups excluding carboxylic acids is 1. The number of sulfonamides is 1. The Kier molecular flexibility index (Phi) is 8.49. The summed E-state index contributed by atoms with van der Waals surface area (Å²) in [5, 5.41) is 0. The highest BCUT2D eigenvalue weighted by Crippen LogP contribution is 2.22. The van der Waals surface area contributed by atoms with E-state index in [1.54, 1.807) is 43.5 Å². The van der Waals surface area contributed by atoms with Crippen molar-refractivity contribution in [2.45, 2.75) is 25.9 Å². The summed E-state index contributed by atoms with van der Waals surface area (Å²) < 4.78 is 30.7. The molecule has 3 aromatic carbocycles. The van der Waals surface area contributed by atoms with E-state index in [4.69, 9.17) is 4.74 Å². The number of ether oxygens (including phenoxy) is 1. The van der Waals surface area contributed by atoms with Crippen LogP contribution in [0, 0.1) is 0 Å². The van der Waals surface area contributed by atoms with Gasteiger partial charge in [0.15, 0.2) is 0 Å². The zero-order valence-corrected chi connectivity index (χ0v) is 20.5. The number of hydrogen-bond donors (Lipinski definition) is 1. The van der Waals surface area contributed by atoms with Crippen molar-refractivity contribution in [2.24, 2.45) is 0 Å². The SMILES string of the molecule is COc1ccccc1CC(C)N(Cc1ccccc1)C(=O)C=Cc1ccc(NS(C)(=O)=O)cc1. The molecule has 0 aromatic heterocycles. The van der Waals surface area contributed by atoms with Crippen molar-refractivity contribution >= 4 is 27.7 Å². The van der Waals surface area contributed by atoms with Crippen molar-refractivity contribution < 1.29 is 17.9 Å². The number of benzene rings is 3. The second-order valence-electron chi connectivity index (χ2n) is 8.15. The van der Waals surface area contributed by atoms with Crippen LogP contribution in [0.15, 0.2) is 84.9 Å². The van der Waals surface area contributed by atoms with E-state index in [1.807, 2.05) is 66.4 Å². The number of methoxy groups -OCH3 is 1. The first-order valence-corrected chi connectivity index (χ1v) is 12.9. The normalized spacial score (nSPS) is 12.3. The fourth-order valence-electron chi connectivity index (χ4n) is 3.67. The summed E-state index contributed by atoms with van der Waals surface area (Å²) in [6, 6.07) is 24.5. The Morgan fingerprint density at radius 2 is 1.65 bits per heavy atom. The Labute approximate surface area is 201 Å². The quantitative estimate of drug-likeness (QED) is 0.427. The molecule has 1 atom stereocenters. The van der Waals surface area contributed by atoms with Crippen molar-refractivity contribution in [1.29, 1.82) is 0 Å². The third-order valence-electron chi connectivity index (χ3n) is 5.35. The molecule has 0 heterocycles. The highest BCUT2D eigenvalue weighted by molar-refractivity contribution is 7.92. The number of hydrogen-bond acceptors (Lipinski definition) is 4. The number of nitrogens with zero attached hydrogens (tertiary/aromatic N) is 1. The van der Waals surface area contributed by atoms with E-state index in [1.165, 1.54) is 0 Å². The maximum atomic E-state index is 13.3. The van der Waals surface area contributed by atoms with Crippen LogP contribution in [-0.4, -0.2) is 38.6 Å². The predicted octanol–water partition coefficient (Wildman–Crippen LogP) is 4.74. The van der Waals surface area contributed by atoms with E-state index < -0.39 is 10.0 Å². The van der Waals surface area contributed by atoms with Crippen LogP contribution in [0.1, 0.15) is 23.6 Å². The highest BCUT2D eigenvalue weighted by atomic mass is 32.2. The first kappa shape index (κ1) is 25.1. The smallest absolute Gasteiger partial charge is 0.247 e. The average molecular weight is 479 g/mol. The average Bonchev–Trinajstić information content (AvgIpc) is 2.82. The first-order chi connectivity index (χ1) is 16.2. The number of nitrogens with one attached hydrogen (secondary N) is 1. The van der Waals surface area contributed by atoms with Crippen molar-refractivity contribution in [3.05, 3.63) is 102 Å². The maximum Gasteiger partial charge on any atom is 0.247 e. The fraction of sp³-hybridized carbons (Fsp3) is 0.222. The number of anilines is 1. The minimum atomic E-state index is -3.33. The molecule has 0 aliphatic carbocycles. The molecule has 3 aromatic rings. The number of rotatable bonds is 10.